The van der Waals surface area contributed by atoms with Crippen molar-refractivity contribution in [3.05, 3.63) is 18.6 Å². The van der Waals surface area contributed by atoms with Gasteiger partial charge in [0.1, 0.15) is 30.0 Å². The molecule has 0 spiro atoms. The zero-order chi connectivity index (χ0) is 13.6. The first-order chi connectivity index (χ1) is 9.13. The Balaban J connectivity index is 2.04. The highest BCUT2D eigenvalue weighted by atomic mass is 16.5. The normalized spacial score (nSPS) is 31.1. The molecule has 6 N–H and O–H groups in total. The van der Waals surface area contributed by atoms with Gasteiger partial charge in [0.05, 0.1) is 18.0 Å². The molecule has 0 aromatic carbocycles. The first-order valence-corrected chi connectivity index (χ1v) is 5.90. The van der Waals surface area contributed by atoms with Crippen molar-refractivity contribution in [2.75, 3.05) is 12.3 Å². The highest BCUT2D eigenvalue weighted by Gasteiger charge is 2.42. The number of rotatable bonds is 2. The van der Waals surface area contributed by atoms with Crippen LogP contribution in [0.1, 0.15) is 6.23 Å². The molecule has 0 aliphatic carbocycles. The number of aliphatic hydroxyl groups is 2. The number of nitrogen functional groups attached to an aromatic ring is 1. The van der Waals surface area contributed by atoms with Crippen LogP contribution in [0, 0.1) is 0 Å². The summed E-state index contributed by atoms with van der Waals surface area (Å²) in [6.45, 7) is -0.245. The van der Waals surface area contributed by atoms with Gasteiger partial charge in [-0.3, -0.25) is 0 Å². The van der Waals surface area contributed by atoms with Gasteiger partial charge in [-0.2, -0.15) is 0 Å². The van der Waals surface area contributed by atoms with E-state index in [0.29, 0.717) is 16.9 Å². The van der Waals surface area contributed by atoms with Crippen molar-refractivity contribution in [1.82, 2.24) is 14.5 Å². The van der Waals surface area contributed by atoms with Gasteiger partial charge in [0.15, 0.2) is 6.23 Å². The van der Waals surface area contributed by atoms with E-state index in [1.807, 2.05) is 0 Å². The Morgan fingerprint density at radius 2 is 2.21 bits per heavy atom. The van der Waals surface area contributed by atoms with Crippen molar-refractivity contribution < 1.29 is 14.9 Å². The molecule has 1 aliphatic rings. The Hall–Kier alpha value is -1.74. The molecule has 1 fully saturated rings. The second kappa shape index (κ2) is 4.42. The quantitative estimate of drug-likeness (QED) is 0.524. The summed E-state index contributed by atoms with van der Waals surface area (Å²) in [5, 5.41) is 19.9. The highest BCUT2D eigenvalue weighted by Crippen LogP contribution is 2.31. The summed E-state index contributed by atoms with van der Waals surface area (Å²) in [5.74, 6) is 0.360. The molecule has 0 amide bonds. The summed E-state index contributed by atoms with van der Waals surface area (Å²) in [6, 6.07) is 1.10. The maximum Gasteiger partial charge on any atom is 0.163 e. The maximum atomic E-state index is 10.1. The van der Waals surface area contributed by atoms with Gasteiger partial charge in [-0.05, 0) is 6.07 Å². The molecule has 8 nitrogen and oxygen atoms in total. The molecule has 0 radical (unpaired) electrons. The number of hydrogen-bond donors (Lipinski definition) is 4. The van der Waals surface area contributed by atoms with Crippen LogP contribution in [0.25, 0.3) is 11.0 Å². The molecule has 4 atom stereocenters. The number of fused-ring (bicyclic) bond motifs is 1. The summed E-state index contributed by atoms with van der Waals surface area (Å²) in [7, 11) is 0. The summed E-state index contributed by atoms with van der Waals surface area (Å²) in [6.07, 6.45) is 0.828. The fourth-order valence-electron chi connectivity index (χ4n) is 2.35. The first-order valence-electron chi connectivity index (χ1n) is 5.90. The van der Waals surface area contributed by atoms with Gasteiger partial charge >= 0.3 is 0 Å². The van der Waals surface area contributed by atoms with Gasteiger partial charge in [-0.25, -0.2) is 9.97 Å². The molecule has 102 valence electrons. The minimum absolute atomic E-state index is 0.245. The van der Waals surface area contributed by atoms with Gasteiger partial charge < -0.3 is 31.0 Å². The van der Waals surface area contributed by atoms with Crippen molar-refractivity contribution >= 4 is 16.9 Å². The van der Waals surface area contributed by atoms with E-state index in [1.165, 1.54) is 6.33 Å². The third kappa shape index (κ3) is 1.77. The Morgan fingerprint density at radius 1 is 1.42 bits per heavy atom. The predicted molar refractivity (Wildman–Crippen MR) is 66.9 cm³/mol. The van der Waals surface area contributed by atoms with E-state index in [1.54, 1.807) is 16.8 Å². The van der Waals surface area contributed by atoms with E-state index in [2.05, 4.69) is 9.97 Å². The van der Waals surface area contributed by atoms with E-state index >= 15 is 0 Å². The van der Waals surface area contributed by atoms with E-state index in [4.69, 9.17) is 21.3 Å². The second-order valence-electron chi connectivity index (χ2n) is 4.53. The molecule has 3 heterocycles. The molecule has 0 unspecified atom stereocenters. The van der Waals surface area contributed by atoms with Gasteiger partial charge in [-0.15, -0.1) is 0 Å². The van der Waals surface area contributed by atoms with Crippen LogP contribution in [0.5, 0.6) is 0 Å². The predicted octanol–water partition coefficient (Wildman–Crippen LogP) is -1.41. The lowest BCUT2D eigenvalue weighted by Gasteiger charge is -2.17. The largest absolute Gasteiger partial charge is 0.394 e. The Morgan fingerprint density at radius 3 is 2.89 bits per heavy atom. The summed E-state index contributed by atoms with van der Waals surface area (Å²) < 4.78 is 7.21. The third-order valence-electron chi connectivity index (χ3n) is 3.42. The maximum absolute atomic E-state index is 10.1. The van der Waals surface area contributed by atoms with Gasteiger partial charge in [0.25, 0.3) is 0 Å². The van der Waals surface area contributed by atoms with Crippen LogP contribution in [0.2, 0.25) is 0 Å². The number of nitrogens with zero attached hydrogens (tertiary/aromatic N) is 3. The number of aliphatic hydroxyl groups excluding tert-OH is 2. The zero-order valence-electron chi connectivity index (χ0n) is 10.0. The molecule has 8 heteroatoms. The van der Waals surface area contributed by atoms with Crippen molar-refractivity contribution in [3.63, 3.8) is 0 Å². The van der Waals surface area contributed by atoms with Gasteiger partial charge in [0, 0.05) is 6.20 Å². The lowest BCUT2D eigenvalue weighted by molar-refractivity contribution is -0.0485. The first kappa shape index (κ1) is 12.3. The average Bonchev–Trinajstić information content (AvgIpc) is 2.94. The average molecular weight is 265 g/mol. The summed E-state index contributed by atoms with van der Waals surface area (Å²) in [4.78, 5) is 8.03. The zero-order valence-corrected chi connectivity index (χ0v) is 10.0. The summed E-state index contributed by atoms with van der Waals surface area (Å²) >= 11 is 0. The molecule has 0 saturated carbocycles. The van der Waals surface area contributed by atoms with Gasteiger partial charge in [-0.1, -0.05) is 0 Å². The second-order valence-corrected chi connectivity index (χ2v) is 4.53. The molecule has 2 aromatic heterocycles. The Bertz CT molecular complexity index is 601. The topological polar surface area (TPSA) is 132 Å². The molecule has 3 rings (SSSR count). The van der Waals surface area contributed by atoms with E-state index < -0.39 is 24.5 Å². The number of ether oxygens (including phenoxy) is 1. The van der Waals surface area contributed by atoms with Crippen LogP contribution in [-0.2, 0) is 4.74 Å². The number of aromatic nitrogens is 3. The SMILES string of the molecule is Nc1ncnc2c1ccn2[C@@H]1O[C@H](CO)[C@@H](N)[C@H]1O. The fraction of sp³-hybridized carbons (Fsp3) is 0.455. The molecular formula is C11H15N5O3. The lowest BCUT2D eigenvalue weighted by Crippen LogP contribution is -2.41. The van der Waals surface area contributed by atoms with Crippen molar-refractivity contribution in [3.8, 4) is 0 Å². The molecule has 0 bridgehead atoms. The van der Waals surface area contributed by atoms with E-state index in [0.717, 1.165) is 0 Å². The van der Waals surface area contributed by atoms with Crippen LogP contribution >= 0.6 is 0 Å². The molecule has 2 aromatic rings. The minimum Gasteiger partial charge on any atom is -0.394 e. The van der Waals surface area contributed by atoms with Crippen molar-refractivity contribution in [2.24, 2.45) is 5.73 Å². The van der Waals surface area contributed by atoms with Crippen molar-refractivity contribution in [2.45, 2.75) is 24.5 Å². The third-order valence-corrected chi connectivity index (χ3v) is 3.42. The van der Waals surface area contributed by atoms with E-state index in [9.17, 15) is 5.11 Å². The number of nitrogens with two attached hydrogens (primary N) is 2. The standard InChI is InChI=1S/C11H15N5O3/c12-7-6(3-17)19-11(8(7)18)16-2-1-5-9(13)14-4-15-10(5)16/h1-2,4,6-8,11,17-18H,3,12H2,(H2,13,14,15)/t6-,7-,8-,11-/m1/s1. The lowest BCUT2D eigenvalue weighted by atomic mass is 10.1. The van der Waals surface area contributed by atoms with Crippen LogP contribution in [-0.4, -0.2) is 49.6 Å². The number of anilines is 1. The molecule has 19 heavy (non-hydrogen) atoms. The molecular weight excluding hydrogens is 250 g/mol. The molecule has 1 saturated heterocycles. The smallest absolute Gasteiger partial charge is 0.163 e. The molecule has 1 aliphatic heterocycles. The van der Waals surface area contributed by atoms with Gasteiger partial charge in [0.2, 0.25) is 0 Å². The fourth-order valence-corrected chi connectivity index (χ4v) is 2.35. The summed E-state index contributed by atoms with van der Waals surface area (Å²) in [5.41, 5.74) is 12.1. The Kier molecular flexibility index (Phi) is 2.86. The van der Waals surface area contributed by atoms with E-state index in [-0.39, 0.29) is 6.61 Å². The van der Waals surface area contributed by atoms with Crippen LogP contribution in [0.4, 0.5) is 5.82 Å². The number of hydrogen-bond acceptors (Lipinski definition) is 7. The van der Waals surface area contributed by atoms with Crippen LogP contribution in [0.15, 0.2) is 18.6 Å². The Labute approximate surface area is 108 Å². The highest BCUT2D eigenvalue weighted by molar-refractivity contribution is 5.86. The van der Waals surface area contributed by atoms with Crippen LogP contribution < -0.4 is 11.5 Å². The van der Waals surface area contributed by atoms with Crippen LogP contribution in [0.3, 0.4) is 0 Å². The van der Waals surface area contributed by atoms with Crippen molar-refractivity contribution in [1.29, 1.82) is 0 Å². The monoisotopic (exact) mass is 265 g/mol. The minimum atomic E-state index is -0.927.